The minimum Gasteiger partial charge on any atom is -0.465 e. The molecule has 1 spiro atoms. The predicted octanol–water partition coefficient (Wildman–Crippen LogP) is 2.95. The Morgan fingerprint density at radius 1 is 1.09 bits per heavy atom. The minimum absolute atomic E-state index is 0.00799. The number of nitrogens with two attached hydrogens (primary N) is 1. The van der Waals surface area contributed by atoms with Crippen LogP contribution in [0.2, 0.25) is 0 Å². The largest absolute Gasteiger partial charge is 0.465 e. The van der Waals surface area contributed by atoms with Crippen LogP contribution in [0.15, 0.2) is 70.3 Å². The van der Waals surface area contributed by atoms with Gasteiger partial charge in [0.25, 0.3) is 6.01 Å². The smallest absolute Gasteiger partial charge is 0.337 e. The Morgan fingerprint density at radius 3 is 2.54 bits per heavy atom. The monoisotopic (exact) mass is 473 g/mol. The molecule has 2 heterocycles. The summed E-state index contributed by atoms with van der Waals surface area (Å²) in [6.45, 7) is 3.09. The lowest BCUT2D eigenvalue weighted by molar-refractivity contribution is -0.148. The third kappa shape index (κ3) is 3.30. The molecule has 0 saturated carbocycles. The Kier molecular flexibility index (Phi) is 5.39. The van der Waals surface area contributed by atoms with Gasteiger partial charge in [0.1, 0.15) is 18.8 Å². The van der Waals surface area contributed by atoms with Crippen LogP contribution in [0.1, 0.15) is 30.7 Å². The van der Waals surface area contributed by atoms with E-state index in [9.17, 15) is 14.4 Å². The van der Waals surface area contributed by atoms with Gasteiger partial charge in [-0.2, -0.15) is 4.98 Å². The summed E-state index contributed by atoms with van der Waals surface area (Å²) >= 11 is 0. The summed E-state index contributed by atoms with van der Waals surface area (Å²) in [5.41, 5.74) is 6.69. The quantitative estimate of drug-likeness (QED) is 0.542. The molecule has 3 aromatic rings. The number of hydrogen-bond acceptors (Lipinski definition) is 8. The molecule has 2 N–H and O–H groups in total. The molecule has 0 bridgehead atoms. The normalized spacial score (nSPS) is 18.1. The van der Waals surface area contributed by atoms with Crippen LogP contribution in [0, 0.1) is 0 Å². The van der Waals surface area contributed by atoms with E-state index < -0.39 is 23.3 Å². The molecule has 1 atom stereocenters. The number of esters is 2. The summed E-state index contributed by atoms with van der Waals surface area (Å²) in [6, 6.07) is 16.1. The highest BCUT2D eigenvalue weighted by molar-refractivity contribution is 6.14. The first-order chi connectivity index (χ1) is 16.9. The number of nitrogen functional groups attached to an aromatic ring is 1. The first kappa shape index (κ1) is 22.4. The van der Waals surface area contributed by atoms with E-state index in [-0.39, 0.29) is 42.7 Å². The van der Waals surface area contributed by atoms with Gasteiger partial charge in [0.2, 0.25) is 5.91 Å². The highest BCUT2D eigenvalue weighted by atomic mass is 16.5. The number of nitrogens with zero attached hydrogens (tertiary/aromatic N) is 2. The first-order valence-electron chi connectivity index (χ1n) is 11.2. The fraction of sp³-hybridized carbons (Fsp3) is 0.231. The Labute approximate surface area is 201 Å². The molecule has 0 saturated heterocycles. The van der Waals surface area contributed by atoms with Crippen molar-refractivity contribution in [3.05, 3.63) is 82.7 Å². The van der Waals surface area contributed by atoms with E-state index in [1.165, 1.54) is 4.90 Å². The van der Waals surface area contributed by atoms with E-state index in [1.807, 2.05) is 30.3 Å². The molecule has 1 aliphatic carbocycles. The number of ether oxygens (including phenoxy) is 2. The number of anilines is 1. The molecule has 1 aliphatic heterocycles. The van der Waals surface area contributed by atoms with Crippen LogP contribution >= 0.6 is 0 Å². The molecular formula is C26H23N3O6. The maximum Gasteiger partial charge on any atom is 0.337 e. The van der Waals surface area contributed by atoms with Gasteiger partial charge in [0.15, 0.2) is 11.2 Å². The number of carbonyl (C=O) groups excluding carboxylic acids is 3. The summed E-state index contributed by atoms with van der Waals surface area (Å²) in [5.74, 6) is -1.50. The Hall–Kier alpha value is -4.40. The van der Waals surface area contributed by atoms with Gasteiger partial charge in [-0.15, -0.1) is 0 Å². The molecule has 0 unspecified atom stereocenters. The van der Waals surface area contributed by atoms with E-state index in [1.54, 1.807) is 38.1 Å². The minimum atomic E-state index is -1.66. The summed E-state index contributed by atoms with van der Waals surface area (Å²) in [5, 5.41) is 0. The second-order valence-electron chi connectivity index (χ2n) is 8.24. The number of oxazole rings is 1. The van der Waals surface area contributed by atoms with Gasteiger partial charge in [-0.1, -0.05) is 54.6 Å². The lowest BCUT2D eigenvalue weighted by Crippen LogP contribution is -2.43. The number of aromatic nitrogens is 1. The van der Waals surface area contributed by atoms with Gasteiger partial charge in [0, 0.05) is 11.3 Å². The number of benzene rings is 2. The third-order valence-corrected chi connectivity index (χ3v) is 6.29. The van der Waals surface area contributed by atoms with Crippen molar-refractivity contribution < 1.29 is 28.3 Å². The molecule has 2 aromatic carbocycles. The van der Waals surface area contributed by atoms with Crippen LogP contribution < -0.4 is 5.73 Å². The lowest BCUT2D eigenvalue weighted by atomic mass is 9.74. The number of fused-ring (bicyclic) bond motifs is 5. The molecule has 1 aromatic heterocycles. The van der Waals surface area contributed by atoms with E-state index in [0.29, 0.717) is 16.9 Å². The number of amides is 1. The van der Waals surface area contributed by atoms with Crippen molar-refractivity contribution in [1.82, 2.24) is 9.88 Å². The summed E-state index contributed by atoms with van der Waals surface area (Å²) in [6.07, 6.45) is 0. The zero-order valence-electron chi connectivity index (χ0n) is 19.2. The van der Waals surface area contributed by atoms with Crippen LogP contribution in [-0.2, 0) is 35.9 Å². The van der Waals surface area contributed by atoms with Gasteiger partial charge < -0.3 is 24.5 Å². The average molecular weight is 473 g/mol. The van der Waals surface area contributed by atoms with E-state index in [2.05, 4.69) is 4.98 Å². The van der Waals surface area contributed by atoms with Gasteiger partial charge in [-0.05, 0) is 25.0 Å². The van der Waals surface area contributed by atoms with Crippen molar-refractivity contribution in [2.24, 2.45) is 0 Å². The Bertz CT molecular complexity index is 1380. The van der Waals surface area contributed by atoms with Crippen molar-refractivity contribution in [3.8, 4) is 11.3 Å². The van der Waals surface area contributed by atoms with Crippen molar-refractivity contribution in [3.63, 3.8) is 0 Å². The molecule has 2 aliphatic rings. The molecular weight excluding hydrogens is 450 g/mol. The second-order valence-corrected chi connectivity index (χ2v) is 8.24. The number of carbonyl (C=O) groups is 3. The maximum absolute atomic E-state index is 14.1. The summed E-state index contributed by atoms with van der Waals surface area (Å²) < 4.78 is 16.4. The van der Waals surface area contributed by atoms with Gasteiger partial charge in [0.05, 0.1) is 12.2 Å². The van der Waals surface area contributed by atoms with E-state index in [0.717, 1.165) is 5.56 Å². The molecule has 0 radical (unpaired) electrons. The van der Waals surface area contributed by atoms with Crippen molar-refractivity contribution in [2.75, 3.05) is 18.9 Å². The summed E-state index contributed by atoms with van der Waals surface area (Å²) in [4.78, 5) is 45.7. The third-order valence-electron chi connectivity index (χ3n) is 6.29. The van der Waals surface area contributed by atoms with Crippen LogP contribution in [-0.4, -0.2) is 40.9 Å². The van der Waals surface area contributed by atoms with Crippen LogP contribution in [0.25, 0.3) is 11.3 Å². The standard InChI is InChI=1S/C26H23N3O6/c1-3-33-19(30)13-29-15(2)20(23(31)34-14-16-9-5-4-6-10-16)26(24(29)32)18-12-8-7-11-17(18)21-22(26)28-25(27)35-21/h4-12H,3,13-14H2,1-2H3,(H2,27,28)/t26-/m0/s1. The van der Waals surface area contributed by atoms with Crippen LogP contribution in [0.4, 0.5) is 6.01 Å². The first-order valence-corrected chi connectivity index (χ1v) is 11.2. The zero-order chi connectivity index (χ0) is 24.7. The SMILES string of the molecule is CCOC(=O)CN1C(=O)[C@]2(C(C(=O)OCc3ccccc3)=C1C)c1ccccc1-c1oc(N)nc12. The van der Waals surface area contributed by atoms with Gasteiger partial charge in [-0.3, -0.25) is 9.59 Å². The molecule has 1 amide bonds. The van der Waals surface area contributed by atoms with E-state index in [4.69, 9.17) is 19.6 Å². The number of hydrogen-bond donors (Lipinski definition) is 1. The second kappa shape index (κ2) is 8.43. The van der Waals surface area contributed by atoms with Crippen LogP contribution in [0.3, 0.4) is 0 Å². The topological polar surface area (TPSA) is 125 Å². The van der Waals surface area contributed by atoms with Crippen molar-refractivity contribution >= 4 is 23.9 Å². The fourth-order valence-electron chi connectivity index (χ4n) is 4.87. The molecule has 35 heavy (non-hydrogen) atoms. The predicted molar refractivity (Wildman–Crippen MR) is 124 cm³/mol. The molecule has 9 heteroatoms. The van der Waals surface area contributed by atoms with Crippen LogP contribution in [0.5, 0.6) is 0 Å². The van der Waals surface area contributed by atoms with Gasteiger partial charge in [-0.25, -0.2) is 4.79 Å². The maximum atomic E-state index is 14.1. The Balaban J connectivity index is 1.66. The van der Waals surface area contributed by atoms with Gasteiger partial charge >= 0.3 is 11.9 Å². The molecule has 9 nitrogen and oxygen atoms in total. The summed E-state index contributed by atoms with van der Waals surface area (Å²) in [7, 11) is 0. The number of rotatable bonds is 6. The lowest BCUT2D eigenvalue weighted by Gasteiger charge is -2.26. The molecule has 5 rings (SSSR count). The fourth-order valence-corrected chi connectivity index (χ4v) is 4.87. The van der Waals surface area contributed by atoms with E-state index >= 15 is 0 Å². The molecule has 0 fully saturated rings. The van der Waals surface area contributed by atoms with Crippen molar-refractivity contribution in [2.45, 2.75) is 25.9 Å². The number of allylic oxidation sites excluding steroid dienone is 1. The zero-order valence-corrected chi connectivity index (χ0v) is 19.2. The van der Waals surface area contributed by atoms with Crippen molar-refractivity contribution in [1.29, 1.82) is 0 Å². The Morgan fingerprint density at radius 2 is 1.80 bits per heavy atom. The highest BCUT2D eigenvalue weighted by Gasteiger charge is 2.63. The molecule has 178 valence electrons. The highest BCUT2D eigenvalue weighted by Crippen LogP contribution is 2.57. The average Bonchev–Trinajstić information content (AvgIpc) is 3.43.